The molecule has 3 aromatic rings. The van der Waals surface area contributed by atoms with Crippen LogP contribution in [0, 0.1) is 5.92 Å². The van der Waals surface area contributed by atoms with Crippen LogP contribution in [0.5, 0.6) is 5.88 Å². The van der Waals surface area contributed by atoms with Gasteiger partial charge in [-0.25, -0.2) is 4.98 Å². The number of rotatable bonds is 14. The summed E-state index contributed by atoms with van der Waals surface area (Å²) in [6.45, 7) is 6.85. The van der Waals surface area contributed by atoms with E-state index in [-0.39, 0.29) is 18.2 Å². The highest BCUT2D eigenvalue weighted by atomic mass is 16.7. The Morgan fingerprint density at radius 3 is 2.50 bits per heavy atom. The predicted molar refractivity (Wildman–Crippen MR) is 122 cm³/mol. The van der Waals surface area contributed by atoms with Crippen molar-refractivity contribution in [1.29, 1.82) is 0 Å². The summed E-state index contributed by atoms with van der Waals surface area (Å²) in [4.78, 5) is 13.1. The summed E-state index contributed by atoms with van der Waals surface area (Å²) in [5.74, 6) is 0.799. The van der Waals surface area contributed by atoms with E-state index in [1.807, 2.05) is 48.7 Å². The molecule has 0 aliphatic rings. The minimum absolute atomic E-state index is 0.156. The number of imidazole rings is 1. The first-order valence-corrected chi connectivity index (χ1v) is 11.0. The topological polar surface area (TPSA) is 107 Å². The van der Waals surface area contributed by atoms with Crippen LogP contribution in [0.3, 0.4) is 0 Å². The van der Waals surface area contributed by atoms with Gasteiger partial charge in [-0.15, -0.1) is 0 Å². The van der Waals surface area contributed by atoms with Crippen molar-refractivity contribution in [2.45, 2.75) is 46.1 Å². The summed E-state index contributed by atoms with van der Waals surface area (Å²) in [7, 11) is 1.71. The minimum Gasteiger partial charge on any atom is -0.471 e. The Morgan fingerprint density at radius 2 is 1.81 bits per heavy atom. The van der Waals surface area contributed by atoms with Crippen LogP contribution in [-0.2, 0) is 27.4 Å². The van der Waals surface area contributed by atoms with Crippen molar-refractivity contribution in [3.8, 4) is 5.88 Å². The van der Waals surface area contributed by atoms with Crippen molar-refractivity contribution >= 4 is 17.1 Å². The first kappa shape index (κ1) is 23.9. The van der Waals surface area contributed by atoms with Crippen molar-refractivity contribution in [2.24, 2.45) is 5.92 Å². The van der Waals surface area contributed by atoms with E-state index in [4.69, 9.17) is 24.7 Å². The Bertz CT molecular complexity index is 944. The molecule has 1 atom stereocenters. The molecule has 3 rings (SSSR count). The predicted octanol–water partition coefficient (Wildman–Crippen LogP) is 3.43. The molecule has 174 valence electrons. The molecule has 2 aromatic heterocycles. The number of aromatic nitrogens is 4. The number of aryl methyl sites for hydroxylation is 1. The molecular weight excluding hydrogens is 410 g/mol. The number of nitrogens with zero attached hydrogens (tertiary/aromatic N) is 4. The van der Waals surface area contributed by atoms with Crippen LogP contribution in [0.1, 0.15) is 32.3 Å². The molecule has 0 aliphatic carbocycles. The number of anilines is 1. The maximum Gasteiger partial charge on any atom is 0.247 e. The number of hydrogen-bond acceptors (Lipinski definition) is 8. The minimum atomic E-state index is -0.236. The number of nitrogen functional groups attached to an aromatic ring is 1. The van der Waals surface area contributed by atoms with Gasteiger partial charge >= 0.3 is 0 Å². The summed E-state index contributed by atoms with van der Waals surface area (Å²) in [5.41, 5.74) is 8.25. The molecule has 32 heavy (non-hydrogen) atoms. The maximum atomic E-state index is 5.96. The van der Waals surface area contributed by atoms with Gasteiger partial charge in [0.2, 0.25) is 11.8 Å². The highest BCUT2D eigenvalue weighted by Gasteiger charge is 2.19. The van der Waals surface area contributed by atoms with Crippen LogP contribution in [0.4, 0.5) is 5.95 Å². The van der Waals surface area contributed by atoms with Crippen molar-refractivity contribution in [1.82, 2.24) is 19.5 Å². The lowest BCUT2D eigenvalue weighted by Gasteiger charge is -2.23. The largest absolute Gasteiger partial charge is 0.471 e. The van der Waals surface area contributed by atoms with Crippen molar-refractivity contribution in [2.75, 3.05) is 32.7 Å². The molecule has 0 fully saturated rings. The zero-order chi connectivity index (χ0) is 22.8. The van der Waals surface area contributed by atoms with Crippen LogP contribution in [0.25, 0.3) is 11.2 Å². The lowest BCUT2D eigenvalue weighted by atomic mass is 10.0. The van der Waals surface area contributed by atoms with E-state index in [0.717, 1.165) is 18.4 Å². The number of nitrogens with two attached hydrogens (primary N) is 1. The molecule has 0 amide bonds. The highest BCUT2D eigenvalue weighted by molar-refractivity contribution is 5.77. The van der Waals surface area contributed by atoms with E-state index in [1.165, 1.54) is 0 Å². The molecule has 0 spiro atoms. The van der Waals surface area contributed by atoms with E-state index in [1.54, 1.807) is 13.4 Å². The number of hydrogen-bond donors (Lipinski definition) is 1. The molecule has 0 bridgehead atoms. The Morgan fingerprint density at radius 1 is 1.06 bits per heavy atom. The van der Waals surface area contributed by atoms with Crippen LogP contribution in [0.2, 0.25) is 0 Å². The third kappa shape index (κ3) is 6.62. The van der Waals surface area contributed by atoms with Crippen LogP contribution in [-0.4, -0.2) is 52.7 Å². The molecule has 1 aromatic carbocycles. The summed E-state index contributed by atoms with van der Waals surface area (Å²) >= 11 is 0. The van der Waals surface area contributed by atoms with Gasteiger partial charge in [0, 0.05) is 39.9 Å². The smallest absolute Gasteiger partial charge is 0.247 e. The van der Waals surface area contributed by atoms with Gasteiger partial charge in [-0.05, 0) is 31.7 Å². The van der Waals surface area contributed by atoms with Crippen LogP contribution >= 0.6 is 0 Å². The number of benzene rings is 1. The number of ether oxygens (including phenoxy) is 4. The Balaban J connectivity index is 1.70. The van der Waals surface area contributed by atoms with Crippen LogP contribution in [0.15, 0.2) is 36.7 Å². The average molecular weight is 444 g/mol. The normalized spacial score (nSPS) is 12.5. The van der Waals surface area contributed by atoms with Gasteiger partial charge in [-0.3, -0.25) is 0 Å². The molecule has 9 nitrogen and oxygen atoms in total. The van der Waals surface area contributed by atoms with E-state index in [9.17, 15) is 0 Å². The molecule has 0 saturated heterocycles. The fraction of sp³-hybridized carbons (Fsp3) is 0.522. The van der Waals surface area contributed by atoms with Crippen molar-refractivity contribution in [3.63, 3.8) is 0 Å². The number of methoxy groups -OCH3 is 1. The quantitative estimate of drug-likeness (QED) is 0.378. The van der Waals surface area contributed by atoms with E-state index >= 15 is 0 Å². The summed E-state index contributed by atoms with van der Waals surface area (Å²) in [6, 6.07) is 9.89. The van der Waals surface area contributed by atoms with Gasteiger partial charge in [-0.1, -0.05) is 30.3 Å². The monoisotopic (exact) mass is 443 g/mol. The van der Waals surface area contributed by atoms with E-state index in [2.05, 4.69) is 15.0 Å². The fourth-order valence-corrected chi connectivity index (χ4v) is 3.58. The maximum absolute atomic E-state index is 5.96. The molecule has 2 heterocycles. The van der Waals surface area contributed by atoms with Crippen LogP contribution < -0.4 is 10.5 Å². The third-order valence-electron chi connectivity index (χ3n) is 5.08. The average Bonchev–Trinajstić information content (AvgIpc) is 3.20. The molecule has 0 radical (unpaired) electrons. The first-order chi connectivity index (χ1) is 15.6. The van der Waals surface area contributed by atoms with E-state index < -0.39 is 0 Å². The summed E-state index contributed by atoms with van der Waals surface area (Å²) in [6.07, 6.45) is 3.12. The second-order valence-corrected chi connectivity index (χ2v) is 7.46. The van der Waals surface area contributed by atoms with Gasteiger partial charge < -0.3 is 29.2 Å². The highest BCUT2D eigenvalue weighted by Crippen LogP contribution is 2.24. The number of fused-ring (bicyclic) bond motifs is 1. The van der Waals surface area contributed by atoms with Gasteiger partial charge in [0.15, 0.2) is 17.5 Å². The zero-order valence-electron chi connectivity index (χ0n) is 19.1. The second kappa shape index (κ2) is 12.3. The van der Waals surface area contributed by atoms with Gasteiger partial charge in [0.05, 0.1) is 6.33 Å². The first-order valence-electron chi connectivity index (χ1n) is 11.0. The molecule has 9 heteroatoms. The Labute approximate surface area is 188 Å². The second-order valence-electron chi connectivity index (χ2n) is 7.46. The summed E-state index contributed by atoms with van der Waals surface area (Å²) < 4.78 is 24.7. The molecular formula is C23H33N5O4. The van der Waals surface area contributed by atoms with E-state index in [0.29, 0.717) is 50.0 Å². The Hall–Kier alpha value is -2.75. The third-order valence-corrected chi connectivity index (χ3v) is 5.08. The van der Waals surface area contributed by atoms with Gasteiger partial charge in [-0.2, -0.15) is 9.97 Å². The molecule has 2 N–H and O–H groups in total. The SMILES string of the molecule is CCOC(C[C@H](CCn1cnc2c(OCc3ccccc3)nc(N)nc21)COC)OCC. The Kier molecular flexibility index (Phi) is 9.21. The summed E-state index contributed by atoms with van der Waals surface area (Å²) in [5, 5.41) is 0. The van der Waals surface area contributed by atoms with Crippen molar-refractivity contribution < 1.29 is 18.9 Å². The lowest BCUT2D eigenvalue weighted by molar-refractivity contribution is -0.149. The van der Waals surface area contributed by atoms with Crippen molar-refractivity contribution in [3.05, 3.63) is 42.2 Å². The van der Waals surface area contributed by atoms with Gasteiger partial charge in [0.25, 0.3) is 0 Å². The van der Waals surface area contributed by atoms with Gasteiger partial charge in [0.1, 0.15) is 6.61 Å². The fourth-order valence-electron chi connectivity index (χ4n) is 3.58. The standard InChI is InChI=1S/C23H33N5O4/c1-4-30-19(31-5-2)13-18(14-29-3)11-12-28-16-25-20-21(28)26-23(24)27-22(20)32-15-17-9-7-6-8-10-17/h6-10,16,18-19H,4-5,11-15H2,1-3H3,(H2,24,26,27)/t18-/m0/s1. The lowest BCUT2D eigenvalue weighted by Crippen LogP contribution is -2.24. The zero-order valence-corrected chi connectivity index (χ0v) is 19.1. The molecule has 0 unspecified atom stereocenters. The molecule has 0 aliphatic heterocycles. The molecule has 0 saturated carbocycles.